The van der Waals surface area contributed by atoms with Crippen LogP contribution in [0, 0.1) is 6.92 Å². The summed E-state index contributed by atoms with van der Waals surface area (Å²) in [6.07, 6.45) is 5.82. The van der Waals surface area contributed by atoms with Crippen molar-refractivity contribution in [3.8, 4) is 0 Å². The first kappa shape index (κ1) is 12.2. The average molecular weight is 209 g/mol. The Labute approximate surface area is 92.9 Å². The number of imidazole rings is 1. The van der Waals surface area contributed by atoms with Crippen LogP contribution in [-0.4, -0.2) is 16.1 Å². The predicted molar refractivity (Wildman–Crippen MR) is 63.9 cm³/mol. The maximum atomic E-state index is 4.37. The van der Waals surface area contributed by atoms with Gasteiger partial charge in [0.1, 0.15) is 5.82 Å². The summed E-state index contributed by atoms with van der Waals surface area (Å²) in [4.78, 5) is 4.37. The van der Waals surface area contributed by atoms with Gasteiger partial charge in [0.05, 0.1) is 5.69 Å². The van der Waals surface area contributed by atoms with Crippen LogP contribution in [0.1, 0.15) is 44.6 Å². The molecule has 1 rings (SSSR count). The Morgan fingerprint density at radius 2 is 2.13 bits per heavy atom. The summed E-state index contributed by atoms with van der Waals surface area (Å²) in [5.41, 5.74) is 1.31. The van der Waals surface area contributed by atoms with E-state index in [2.05, 4.69) is 35.6 Å². The molecule has 0 bridgehead atoms. The van der Waals surface area contributed by atoms with Crippen LogP contribution in [0.2, 0.25) is 0 Å². The maximum Gasteiger partial charge on any atom is 0.105 e. The molecule has 0 spiro atoms. The molecule has 0 aliphatic heterocycles. The molecular formula is C12H23N3. The van der Waals surface area contributed by atoms with E-state index in [1.165, 1.54) is 25.0 Å². The zero-order valence-electron chi connectivity index (χ0n) is 10.2. The molecule has 0 radical (unpaired) electrons. The van der Waals surface area contributed by atoms with Crippen molar-refractivity contribution in [2.24, 2.45) is 0 Å². The summed E-state index contributed by atoms with van der Waals surface area (Å²) in [5.74, 6) is 1.14. The third kappa shape index (κ3) is 3.67. The fourth-order valence-corrected chi connectivity index (χ4v) is 1.73. The second kappa shape index (κ2) is 6.62. The van der Waals surface area contributed by atoms with Crippen LogP contribution in [0.25, 0.3) is 0 Å². The molecule has 15 heavy (non-hydrogen) atoms. The molecule has 0 aliphatic carbocycles. The second-order valence-electron chi connectivity index (χ2n) is 3.94. The number of aromatic nitrogens is 2. The van der Waals surface area contributed by atoms with Crippen LogP contribution in [0.5, 0.6) is 0 Å². The SMILES string of the molecule is CCCCCn1c(CNCC)cnc1C. The Morgan fingerprint density at radius 1 is 1.33 bits per heavy atom. The number of aryl methyl sites for hydroxylation is 1. The van der Waals surface area contributed by atoms with Crippen LogP contribution in [0.3, 0.4) is 0 Å². The number of nitrogens with one attached hydrogen (secondary N) is 1. The van der Waals surface area contributed by atoms with Gasteiger partial charge >= 0.3 is 0 Å². The van der Waals surface area contributed by atoms with Crippen molar-refractivity contribution in [1.29, 1.82) is 0 Å². The highest BCUT2D eigenvalue weighted by molar-refractivity contribution is 5.04. The third-order valence-corrected chi connectivity index (χ3v) is 2.68. The molecule has 3 nitrogen and oxygen atoms in total. The fourth-order valence-electron chi connectivity index (χ4n) is 1.73. The predicted octanol–water partition coefficient (Wildman–Crippen LogP) is 2.49. The van der Waals surface area contributed by atoms with E-state index in [1.54, 1.807) is 0 Å². The standard InChI is InChI=1S/C12H23N3/c1-4-6-7-8-15-11(3)14-10-12(15)9-13-5-2/h10,13H,4-9H2,1-3H3. The number of rotatable bonds is 7. The van der Waals surface area contributed by atoms with Crippen molar-refractivity contribution < 1.29 is 0 Å². The molecule has 0 aliphatic rings. The van der Waals surface area contributed by atoms with Gasteiger partial charge in [-0.2, -0.15) is 0 Å². The fraction of sp³-hybridized carbons (Fsp3) is 0.750. The van der Waals surface area contributed by atoms with E-state index in [-0.39, 0.29) is 0 Å². The van der Waals surface area contributed by atoms with Crippen LogP contribution >= 0.6 is 0 Å². The summed E-state index contributed by atoms with van der Waals surface area (Å²) < 4.78 is 2.33. The van der Waals surface area contributed by atoms with E-state index in [1.807, 2.05) is 6.20 Å². The van der Waals surface area contributed by atoms with Crippen molar-refractivity contribution >= 4 is 0 Å². The Balaban J connectivity index is 2.54. The molecule has 0 fully saturated rings. The Bertz CT molecular complexity index is 278. The number of unbranched alkanes of at least 4 members (excludes halogenated alkanes) is 2. The van der Waals surface area contributed by atoms with E-state index in [0.29, 0.717) is 0 Å². The van der Waals surface area contributed by atoms with E-state index in [0.717, 1.165) is 25.5 Å². The summed E-state index contributed by atoms with van der Waals surface area (Å²) in [7, 11) is 0. The molecule has 0 atom stereocenters. The zero-order valence-corrected chi connectivity index (χ0v) is 10.2. The lowest BCUT2D eigenvalue weighted by Gasteiger charge is -2.10. The zero-order chi connectivity index (χ0) is 11.1. The summed E-state index contributed by atoms with van der Waals surface area (Å²) >= 11 is 0. The monoisotopic (exact) mass is 209 g/mol. The van der Waals surface area contributed by atoms with E-state index >= 15 is 0 Å². The van der Waals surface area contributed by atoms with Gasteiger partial charge < -0.3 is 9.88 Å². The minimum atomic E-state index is 0.934. The van der Waals surface area contributed by atoms with Gasteiger partial charge in [-0.1, -0.05) is 26.7 Å². The van der Waals surface area contributed by atoms with Crippen LogP contribution in [0.4, 0.5) is 0 Å². The van der Waals surface area contributed by atoms with Gasteiger partial charge in [0.2, 0.25) is 0 Å². The first-order valence-electron chi connectivity index (χ1n) is 6.01. The first-order valence-corrected chi connectivity index (χ1v) is 6.01. The first-order chi connectivity index (χ1) is 7.29. The number of hydrogen-bond donors (Lipinski definition) is 1. The molecule has 0 unspecified atom stereocenters. The molecule has 0 aromatic carbocycles. The molecule has 1 aromatic heterocycles. The lowest BCUT2D eigenvalue weighted by Crippen LogP contribution is -2.16. The van der Waals surface area contributed by atoms with Crippen LogP contribution in [0.15, 0.2) is 6.20 Å². The van der Waals surface area contributed by atoms with Gasteiger partial charge in [-0.3, -0.25) is 0 Å². The number of nitrogens with zero attached hydrogens (tertiary/aromatic N) is 2. The molecule has 1 heterocycles. The van der Waals surface area contributed by atoms with E-state index < -0.39 is 0 Å². The van der Waals surface area contributed by atoms with Crippen LogP contribution < -0.4 is 5.32 Å². The van der Waals surface area contributed by atoms with Crippen molar-refractivity contribution in [1.82, 2.24) is 14.9 Å². The molecule has 0 saturated carbocycles. The molecule has 86 valence electrons. The van der Waals surface area contributed by atoms with Gasteiger partial charge in [-0.15, -0.1) is 0 Å². The van der Waals surface area contributed by atoms with Gasteiger partial charge in [0.25, 0.3) is 0 Å². The van der Waals surface area contributed by atoms with E-state index in [4.69, 9.17) is 0 Å². The molecule has 3 heteroatoms. The smallest absolute Gasteiger partial charge is 0.105 e. The van der Waals surface area contributed by atoms with Gasteiger partial charge in [-0.25, -0.2) is 4.98 Å². The number of hydrogen-bond acceptors (Lipinski definition) is 2. The summed E-state index contributed by atoms with van der Waals surface area (Å²) in [6.45, 7) is 9.51. The molecule has 0 amide bonds. The van der Waals surface area contributed by atoms with Gasteiger partial charge in [0, 0.05) is 19.3 Å². The average Bonchev–Trinajstić information content (AvgIpc) is 2.58. The summed E-state index contributed by atoms with van der Waals surface area (Å²) in [6, 6.07) is 0. The Morgan fingerprint density at radius 3 is 2.80 bits per heavy atom. The molecular weight excluding hydrogens is 186 g/mol. The minimum Gasteiger partial charge on any atom is -0.331 e. The van der Waals surface area contributed by atoms with Crippen molar-refractivity contribution in [3.05, 3.63) is 17.7 Å². The Kier molecular flexibility index (Phi) is 5.40. The van der Waals surface area contributed by atoms with E-state index in [9.17, 15) is 0 Å². The lowest BCUT2D eigenvalue weighted by molar-refractivity contribution is 0.558. The van der Waals surface area contributed by atoms with Crippen molar-refractivity contribution in [3.63, 3.8) is 0 Å². The van der Waals surface area contributed by atoms with Gasteiger partial charge in [0.15, 0.2) is 0 Å². The molecule has 1 aromatic rings. The van der Waals surface area contributed by atoms with Crippen molar-refractivity contribution in [2.45, 2.75) is 53.1 Å². The topological polar surface area (TPSA) is 29.9 Å². The molecule has 1 N–H and O–H groups in total. The van der Waals surface area contributed by atoms with Crippen LogP contribution in [-0.2, 0) is 13.1 Å². The normalized spacial score (nSPS) is 10.9. The molecule has 0 saturated heterocycles. The second-order valence-corrected chi connectivity index (χ2v) is 3.94. The highest BCUT2D eigenvalue weighted by Crippen LogP contribution is 2.07. The highest BCUT2D eigenvalue weighted by atomic mass is 15.1. The highest BCUT2D eigenvalue weighted by Gasteiger charge is 2.04. The minimum absolute atomic E-state index is 0.934. The maximum absolute atomic E-state index is 4.37. The summed E-state index contributed by atoms with van der Waals surface area (Å²) in [5, 5.41) is 3.35. The van der Waals surface area contributed by atoms with Gasteiger partial charge in [-0.05, 0) is 19.9 Å². The van der Waals surface area contributed by atoms with Crippen molar-refractivity contribution in [2.75, 3.05) is 6.54 Å². The quantitative estimate of drug-likeness (QED) is 0.699. The largest absolute Gasteiger partial charge is 0.331 e. The Hall–Kier alpha value is -0.830. The third-order valence-electron chi connectivity index (χ3n) is 2.68. The lowest BCUT2D eigenvalue weighted by atomic mass is 10.2.